The molecular formula is C15H20N2O3. The molecule has 5 heteroatoms. The predicted octanol–water partition coefficient (Wildman–Crippen LogP) is 2.62. The van der Waals surface area contributed by atoms with Crippen LogP contribution in [0.2, 0.25) is 0 Å². The smallest absolute Gasteiger partial charge is 0.319 e. The number of benzene rings is 1. The second kappa shape index (κ2) is 6.41. The van der Waals surface area contributed by atoms with Gasteiger partial charge in [0, 0.05) is 11.7 Å². The van der Waals surface area contributed by atoms with Gasteiger partial charge in [0.05, 0.1) is 6.42 Å². The molecule has 0 spiro atoms. The number of anilines is 1. The van der Waals surface area contributed by atoms with E-state index in [2.05, 4.69) is 10.6 Å². The van der Waals surface area contributed by atoms with Crippen molar-refractivity contribution in [3.8, 4) is 0 Å². The maximum absolute atomic E-state index is 11.8. The molecule has 1 saturated carbocycles. The standard InChI is InChI=1S/C15H20N2O3/c1-10(8-11-2-3-11)16-15(20)17-13-6-4-12(5-7-13)9-14(18)19/h4-7,10-11H,2-3,8-9H2,1H3,(H,18,19)(H2,16,17,20). The van der Waals surface area contributed by atoms with E-state index in [1.165, 1.54) is 12.8 Å². The van der Waals surface area contributed by atoms with Crippen molar-refractivity contribution in [3.05, 3.63) is 29.8 Å². The van der Waals surface area contributed by atoms with Crippen LogP contribution >= 0.6 is 0 Å². The summed E-state index contributed by atoms with van der Waals surface area (Å²) in [5, 5.41) is 14.3. The Labute approximate surface area is 118 Å². The highest BCUT2D eigenvalue weighted by Gasteiger charge is 2.24. The van der Waals surface area contributed by atoms with Crippen molar-refractivity contribution in [2.75, 3.05) is 5.32 Å². The van der Waals surface area contributed by atoms with E-state index in [0.717, 1.165) is 12.3 Å². The van der Waals surface area contributed by atoms with Gasteiger partial charge in [-0.05, 0) is 37.0 Å². The third-order valence-corrected chi connectivity index (χ3v) is 3.33. The summed E-state index contributed by atoms with van der Waals surface area (Å²) in [5.74, 6) is -0.0852. The Balaban J connectivity index is 1.79. The van der Waals surface area contributed by atoms with E-state index in [0.29, 0.717) is 11.3 Å². The Morgan fingerprint density at radius 3 is 2.50 bits per heavy atom. The maximum Gasteiger partial charge on any atom is 0.319 e. The average molecular weight is 276 g/mol. The fourth-order valence-electron chi connectivity index (χ4n) is 2.18. The van der Waals surface area contributed by atoms with Crippen molar-refractivity contribution < 1.29 is 14.7 Å². The van der Waals surface area contributed by atoms with Gasteiger partial charge in [-0.3, -0.25) is 4.79 Å². The van der Waals surface area contributed by atoms with Gasteiger partial charge in [0.2, 0.25) is 0 Å². The van der Waals surface area contributed by atoms with E-state index in [1.54, 1.807) is 24.3 Å². The Bertz CT molecular complexity index is 480. The third-order valence-electron chi connectivity index (χ3n) is 3.33. The van der Waals surface area contributed by atoms with E-state index in [1.807, 2.05) is 6.92 Å². The van der Waals surface area contributed by atoms with Crippen LogP contribution in [0.15, 0.2) is 24.3 Å². The van der Waals surface area contributed by atoms with E-state index < -0.39 is 5.97 Å². The Hall–Kier alpha value is -2.04. The lowest BCUT2D eigenvalue weighted by Gasteiger charge is -2.14. The second-order valence-electron chi connectivity index (χ2n) is 5.45. The summed E-state index contributed by atoms with van der Waals surface area (Å²) in [6.07, 6.45) is 3.58. The predicted molar refractivity (Wildman–Crippen MR) is 76.7 cm³/mol. The molecular weight excluding hydrogens is 256 g/mol. The summed E-state index contributed by atoms with van der Waals surface area (Å²) in [7, 11) is 0. The molecule has 1 aliphatic carbocycles. The van der Waals surface area contributed by atoms with Gasteiger partial charge in [-0.2, -0.15) is 0 Å². The SMILES string of the molecule is CC(CC1CC1)NC(=O)Nc1ccc(CC(=O)O)cc1. The number of amides is 2. The Kier molecular flexibility index (Phi) is 4.61. The lowest BCUT2D eigenvalue weighted by atomic mass is 10.1. The molecule has 5 nitrogen and oxygen atoms in total. The summed E-state index contributed by atoms with van der Waals surface area (Å²) >= 11 is 0. The van der Waals surface area contributed by atoms with Gasteiger partial charge >= 0.3 is 12.0 Å². The van der Waals surface area contributed by atoms with E-state index >= 15 is 0 Å². The molecule has 0 saturated heterocycles. The number of hydrogen-bond acceptors (Lipinski definition) is 2. The van der Waals surface area contributed by atoms with E-state index in [4.69, 9.17) is 5.11 Å². The molecule has 0 radical (unpaired) electrons. The fraction of sp³-hybridized carbons (Fsp3) is 0.467. The molecule has 1 aromatic rings. The Morgan fingerprint density at radius 1 is 1.30 bits per heavy atom. The van der Waals surface area contributed by atoms with Crippen LogP contribution in [-0.4, -0.2) is 23.1 Å². The van der Waals surface area contributed by atoms with Crippen LogP contribution in [0.4, 0.5) is 10.5 Å². The fourth-order valence-corrected chi connectivity index (χ4v) is 2.18. The second-order valence-corrected chi connectivity index (χ2v) is 5.45. The van der Waals surface area contributed by atoms with Gasteiger partial charge in [0.1, 0.15) is 0 Å². The molecule has 3 N–H and O–H groups in total. The van der Waals surface area contributed by atoms with E-state index in [9.17, 15) is 9.59 Å². The number of carboxylic acid groups (broad SMARTS) is 1. The van der Waals surface area contributed by atoms with Crippen LogP contribution in [0.1, 0.15) is 31.7 Å². The number of carboxylic acids is 1. The zero-order valence-electron chi connectivity index (χ0n) is 11.6. The minimum atomic E-state index is -0.864. The normalized spacial score (nSPS) is 15.4. The van der Waals surface area contributed by atoms with Crippen LogP contribution in [0.3, 0.4) is 0 Å². The molecule has 1 aliphatic rings. The molecule has 1 unspecified atom stereocenters. The summed E-state index contributed by atoms with van der Waals surface area (Å²) < 4.78 is 0. The molecule has 1 atom stereocenters. The van der Waals surface area contributed by atoms with Crippen molar-refractivity contribution >= 4 is 17.7 Å². The number of urea groups is 1. The first-order chi connectivity index (χ1) is 9.52. The lowest BCUT2D eigenvalue weighted by Crippen LogP contribution is -2.36. The van der Waals surface area contributed by atoms with Gasteiger partial charge < -0.3 is 15.7 Å². The molecule has 0 bridgehead atoms. The minimum Gasteiger partial charge on any atom is -0.481 e. The third kappa shape index (κ3) is 4.91. The molecule has 1 fully saturated rings. The maximum atomic E-state index is 11.8. The van der Waals surface area contributed by atoms with Crippen molar-refractivity contribution in [3.63, 3.8) is 0 Å². The first-order valence-electron chi connectivity index (χ1n) is 6.91. The summed E-state index contributed by atoms with van der Waals surface area (Å²) in [6, 6.07) is 6.79. The molecule has 0 aliphatic heterocycles. The highest BCUT2D eigenvalue weighted by atomic mass is 16.4. The van der Waals surface area contributed by atoms with Gasteiger partial charge in [0.15, 0.2) is 0 Å². The summed E-state index contributed by atoms with van der Waals surface area (Å²) in [6.45, 7) is 2.01. The summed E-state index contributed by atoms with van der Waals surface area (Å²) in [5.41, 5.74) is 1.38. The topological polar surface area (TPSA) is 78.4 Å². The number of hydrogen-bond donors (Lipinski definition) is 3. The highest BCUT2D eigenvalue weighted by molar-refractivity contribution is 5.89. The lowest BCUT2D eigenvalue weighted by molar-refractivity contribution is -0.136. The van der Waals surface area contributed by atoms with Crippen LogP contribution in [0.25, 0.3) is 0 Å². The molecule has 2 amide bonds. The van der Waals surface area contributed by atoms with Gasteiger partial charge in [-0.1, -0.05) is 25.0 Å². The number of rotatable bonds is 6. The number of nitrogens with one attached hydrogen (secondary N) is 2. The molecule has 0 heterocycles. The molecule has 108 valence electrons. The number of aliphatic carboxylic acids is 1. The zero-order valence-corrected chi connectivity index (χ0v) is 11.6. The van der Waals surface area contributed by atoms with Crippen molar-refractivity contribution in [1.82, 2.24) is 5.32 Å². The molecule has 20 heavy (non-hydrogen) atoms. The zero-order chi connectivity index (χ0) is 14.5. The van der Waals surface area contributed by atoms with Crippen molar-refractivity contribution in [2.24, 2.45) is 5.92 Å². The van der Waals surface area contributed by atoms with Gasteiger partial charge in [0.25, 0.3) is 0 Å². The van der Waals surface area contributed by atoms with E-state index in [-0.39, 0.29) is 18.5 Å². The summed E-state index contributed by atoms with van der Waals surface area (Å²) in [4.78, 5) is 22.3. The van der Waals surface area contributed by atoms with Gasteiger partial charge in [-0.25, -0.2) is 4.79 Å². The monoisotopic (exact) mass is 276 g/mol. The van der Waals surface area contributed by atoms with Crippen molar-refractivity contribution in [2.45, 2.75) is 38.6 Å². The Morgan fingerprint density at radius 2 is 1.95 bits per heavy atom. The first kappa shape index (κ1) is 14.4. The molecule has 0 aromatic heterocycles. The minimum absolute atomic E-state index is 0.00903. The quantitative estimate of drug-likeness (QED) is 0.747. The molecule has 1 aromatic carbocycles. The average Bonchev–Trinajstić information content (AvgIpc) is 3.14. The highest BCUT2D eigenvalue weighted by Crippen LogP contribution is 2.33. The largest absolute Gasteiger partial charge is 0.481 e. The van der Waals surface area contributed by atoms with Crippen LogP contribution in [0, 0.1) is 5.92 Å². The van der Waals surface area contributed by atoms with Crippen LogP contribution < -0.4 is 10.6 Å². The molecule has 2 rings (SSSR count). The van der Waals surface area contributed by atoms with Crippen molar-refractivity contribution in [1.29, 1.82) is 0 Å². The first-order valence-corrected chi connectivity index (χ1v) is 6.91. The number of carbonyl (C=O) groups excluding carboxylic acids is 1. The van der Waals surface area contributed by atoms with Crippen LogP contribution in [0.5, 0.6) is 0 Å². The number of carbonyl (C=O) groups is 2. The van der Waals surface area contributed by atoms with Crippen LogP contribution in [-0.2, 0) is 11.2 Å². The van der Waals surface area contributed by atoms with Gasteiger partial charge in [-0.15, -0.1) is 0 Å².